The van der Waals surface area contributed by atoms with Crippen LogP contribution in [0.15, 0.2) is 30.5 Å². The number of amides is 2. The molecule has 0 unspecified atom stereocenters. The lowest BCUT2D eigenvalue weighted by Gasteiger charge is -2.20. The van der Waals surface area contributed by atoms with Crippen LogP contribution in [0, 0.1) is 6.92 Å². The first-order valence-electron chi connectivity index (χ1n) is 8.61. The number of halogens is 2. The van der Waals surface area contributed by atoms with E-state index in [9.17, 15) is 9.59 Å². The third-order valence-electron chi connectivity index (χ3n) is 3.94. The maximum atomic E-state index is 12.9. The Hall–Kier alpha value is -2.71. The zero-order valence-electron chi connectivity index (χ0n) is 15.3. The quantitative estimate of drug-likeness (QED) is 0.660. The molecular weight excluding hydrogens is 403 g/mol. The van der Waals surface area contributed by atoms with Gasteiger partial charge in [0.25, 0.3) is 11.7 Å². The van der Waals surface area contributed by atoms with Crippen molar-refractivity contribution in [2.45, 2.75) is 20.3 Å². The van der Waals surface area contributed by atoms with Gasteiger partial charge in [-0.25, -0.2) is 9.50 Å². The van der Waals surface area contributed by atoms with Crippen LogP contribution in [0.3, 0.4) is 0 Å². The van der Waals surface area contributed by atoms with Gasteiger partial charge in [-0.2, -0.15) is 4.98 Å². The summed E-state index contributed by atoms with van der Waals surface area (Å²) in [5.41, 5.74) is 1.18. The molecular formula is C18H18Cl2N6O2. The van der Waals surface area contributed by atoms with Crippen LogP contribution in [0.2, 0.25) is 10.0 Å². The average Bonchev–Trinajstić information content (AvgIpc) is 3.09. The number of carbonyl (C=O) groups excluding carboxylic acids is 2. The van der Waals surface area contributed by atoms with Gasteiger partial charge in [0.1, 0.15) is 6.54 Å². The molecule has 10 heteroatoms. The molecule has 3 aromatic rings. The molecule has 0 spiro atoms. The van der Waals surface area contributed by atoms with Gasteiger partial charge in [-0.3, -0.25) is 9.59 Å². The van der Waals surface area contributed by atoms with Gasteiger partial charge >= 0.3 is 0 Å². The van der Waals surface area contributed by atoms with Gasteiger partial charge in [-0.05, 0) is 37.6 Å². The number of rotatable bonds is 6. The molecule has 1 aromatic carbocycles. The van der Waals surface area contributed by atoms with Crippen molar-refractivity contribution in [1.82, 2.24) is 24.5 Å². The van der Waals surface area contributed by atoms with E-state index < -0.39 is 11.8 Å². The van der Waals surface area contributed by atoms with Crippen molar-refractivity contribution < 1.29 is 9.59 Å². The van der Waals surface area contributed by atoms with Crippen LogP contribution >= 0.6 is 23.2 Å². The summed E-state index contributed by atoms with van der Waals surface area (Å²) >= 11 is 12.0. The number of nitrogens with zero attached hydrogens (tertiary/aromatic N) is 5. The highest BCUT2D eigenvalue weighted by molar-refractivity contribution is 6.35. The van der Waals surface area contributed by atoms with Crippen LogP contribution < -0.4 is 5.32 Å². The first-order valence-corrected chi connectivity index (χ1v) is 9.37. The van der Waals surface area contributed by atoms with Crippen LogP contribution in [0.5, 0.6) is 0 Å². The van der Waals surface area contributed by atoms with Crippen molar-refractivity contribution in [3.8, 4) is 0 Å². The van der Waals surface area contributed by atoms with Crippen molar-refractivity contribution in [3.05, 3.63) is 52.0 Å². The number of aromatic nitrogens is 4. The van der Waals surface area contributed by atoms with Crippen LogP contribution in [0.25, 0.3) is 5.78 Å². The van der Waals surface area contributed by atoms with E-state index >= 15 is 0 Å². The molecule has 2 heterocycles. The summed E-state index contributed by atoms with van der Waals surface area (Å²) in [6, 6.07) is 6.52. The fourth-order valence-electron chi connectivity index (χ4n) is 2.62. The molecule has 0 atom stereocenters. The molecule has 2 amide bonds. The number of anilines is 1. The van der Waals surface area contributed by atoms with Crippen LogP contribution in [0.4, 0.5) is 5.69 Å². The molecule has 0 saturated carbocycles. The minimum atomic E-state index is -0.445. The molecule has 2 aromatic heterocycles. The van der Waals surface area contributed by atoms with Crippen molar-refractivity contribution in [1.29, 1.82) is 0 Å². The predicted molar refractivity (Wildman–Crippen MR) is 107 cm³/mol. The van der Waals surface area contributed by atoms with E-state index in [1.165, 1.54) is 9.42 Å². The molecule has 0 saturated heterocycles. The second-order valence-corrected chi connectivity index (χ2v) is 6.98. The summed E-state index contributed by atoms with van der Waals surface area (Å²) in [5.74, 6) is -0.526. The summed E-state index contributed by atoms with van der Waals surface area (Å²) in [6.07, 6.45) is 2.27. The normalized spacial score (nSPS) is 10.9. The number of carbonyl (C=O) groups is 2. The van der Waals surface area contributed by atoms with Gasteiger partial charge < -0.3 is 10.2 Å². The molecule has 0 aliphatic rings. The monoisotopic (exact) mass is 420 g/mol. The highest BCUT2D eigenvalue weighted by Gasteiger charge is 2.23. The molecule has 0 radical (unpaired) electrons. The lowest BCUT2D eigenvalue weighted by molar-refractivity contribution is -0.116. The van der Waals surface area contributed by atoms with Crippen LogP contribution in [-0.4, -0.2) is 49.4 Å². The Morgan fingerprint density at radius 1 is 1.25 bits per heavy atom. The standard InChI is InChI=1S/C18H18Cl2N6O2/c1-3-8-25(10-15(27)22-14-9-12(19)4-5-13(14)20)17(28)16-23-18-21-7-6-11(2)26(18)24-16/h4-7,9H,3,8,10H2,1-2H3,(H,22,27). The number of hydrogen-bond acceptors (Lipinski definition) is 5. The maximum Gasteiger partial charge on any atom is 0.294 e. The van der Waals surface area contributed by atoms with E-state index in [1.54, 1.807) is 30.5 Å². The minimum Gasteiger partial charge on any atom is -0.327 e. The van der Waals surface area contributed by atoms with Crippen molar-refractivity contribution in [2.75, 3.05) is 18.4 Å². The second kappa shape index (κ2) is 8.53. The van der Waals surface area contributed by atoms with E-state index in [-0.39, 0.29) is 12.4 Å². The van der Waals surface area contributed by atoms with E-state index in [0.29, 0.717) is 34.5 Å². The van der Waals surface area contributed by atoms with Crippen molar-refractivity contribution in [3.63, 3.8) is 0 Å². The smallest absolute Gasteiger partial charge is 0.294 e. The Kier molecular flexibility index (Phi) is 6.11. The Labute approximate surface area is 171 Å². The van der Waals surface area contributed by atoms with Gasteiger partial charge in [0.2, 0.25) is 11.7 Å². The SMILES string of the molecule is CCCN(CC(=O)Nc1cc(Cl)ccc1Cl)C(=O)c1nc2nccc(C)n2n1. The van der Waals surface area contributed by atoms with E-state index in [0.717, 1.165) is 5.69 Å². The van der Waals surface area contributed by atoms with E-state index in [2.05, 4.69) is 20.4 Å². The molecule has 0 aliphatic heterocycles. The zero-order chi connectivity index (χ0) is 20.3. The average molecular weight is 421 g/mol. The molecule has 0 bridgehead atoms. The largest absolute Gasteiger partial charge is 0.327 e. The second-order valence-electron chi connectivity index (χ2n) is 6.13. The topological polar surface area (TPSA) is 92.5 Å². The predicted octanol–water partition coefficient (Wildman–Crippen LogP) is 3.23. The van der Waals surface area contributed by atoms with Gasteiger partial charge in [0.05, 0.1) is 10.7 Å². The highest BCUT2D eigenvalue weighted by atomic mass is 35.5. The van der Waals surface area contributed by atoms with E-state index in [1.807, 2.05) is 13.8 Å². The summed E-state index contributed by atoms with van der Waals surface area (Å²) in [5, 5.41) is 7.69. The number of hydrogen-bond donors (Lipinski definition) is 1. The molecule has 3 rings (SSSR count). The first-order chi connectivity index (χ1) is 13.4. The first kappa shape index (κ1) is 20.0. The summed E-state index contributed by atoms with van der Waals surface area (Å²) < 4.78 is 1.49. The Morgan fingerprint density at radius 2 is 2.04 bits per heavy atom. The van der Waals surface area contributed by atoms with Gasteiger partial charge in [-0.1, -0.05) is 30.1 Å². The minimum absolute atomic E-state index is 0.0103. The number of nitrogens with one attached hydrogen (secondary N) is 1. The highest BCUT2D eigenvalue weighted by Crippen LogP contribution is 2.25. The fourth-order valence-corrected chi connectivity index (χ4v) is 2.95. The van der Waals surface area contributed by atoms with Gasteiger partial charge in [0, 0.05) is 23.5 Å². The molecule has 146 valence electrons. The van der Waals surface area contributed by atoms with Crippen LogP contribution in [0.1, 0.15) is 29.7 Å². The lowest BCUT2D eigenvalue weighted by atomic mass is 10.3. The van der Waals surface area contributed by atoms with Crippen molar-refractivity contribution in [2.24, 2.45) is 0 Å². The number of fused-ring (bicyclic) bond motifs is 1. The molecule has 8 nitrogen and oxygen atoms in total. The molecule has 0 aliphatic carbocycles. The number of aryl methyl sites for hydroxylation is 1. The maximum absolute atomic E-state index is 12.9. The Balaban J connectivity index is 1.78. The zero-order valence-corrected chi connectivity index (χ0v) is 16.8. The summed E-state index contributed by atoms with van der Waals surface area (Å²) in [4.78, 5) is 35.0. The molecule has 28 heavy (non-hydrogen) atoms. The summed E-state index contributed by atoms with van der Waals surface area (Å²) in [7, 11) is 0. The third kappa shape index (κ3) is 4.40. The van der Waals surface area contributed by atoms with E-state index in [4.69, 9.17) is 23.2 Å². The van der Waals surface area contributed by atoms with Gasteiger partial charge in [-0.15, -0.1) is 5.10 Å². The third-order valence-corrected chi connectivity index (χ3v) is 4.50. The Bertz CT molecular complexity index is 1040. The summed E-state index contributed by atoms with van der Waals surface area (Å²) in [6.45, 7) is 3.95. The lowest BCUT2D eigenvalue weighted by Crippen LogP contribution is -2.39. The Morgan fingerprint density at radius 3 is 2.75 bits per heavy atom. The van der Waals surface area contributed by atoms with Gasteiger partial charge in [0.15, 0.2) is 0 Å². The van der Waals surface area contributed by atoms with Crippen LogP contribution in [-0.2, 0) is 4.79 Å². The van der Waals surface area contributed by atoms with Crippen molar-refractivity contribution >= 4 is 46.5 Å². The molecule has 0 fully saturated rings. The number of benzene rings is 1. The fraction of sp³-hybridized carbons (Fsp3) is 0.278. The molecule has 1 N–H and O–H groups in total.